The van der Waals surface area contributed by atoms with Crippen molar-refractivity contribution in [3.8, 4) is 33.8 Å². The summed E-state index contributed by atoms with van der Waals surface area (Å²) in [6.07, 6.45) is 0.766. The highest BCUT2D eigenvalue weighted by atomic mass is 16.3. The third-order valence-electron chi connectivity index (χ3n) is 4.62. The molecule has 0 aliphatic heterocycles. The fraction of sp³-hybridized carbons (Fsp3) is 0.0400. The van der Waals surface area contributed by atoms with Crippen LogP contribution in [0.2, 0.25) is 0 Å². The maximum atomic E-state index is 9.57. The Morgan fingerprint density at radius 2 is 1.22 bits per heavy atom. The van der Waals surface area contributed by atoms with E-state index in [2.05, 4.69) is 36.4 Å². The summed E-state index contributed by atoms with van der Waals surface area (Å²) in [5.41, 5.74) is 6.59. The Balaban J connectivity index is 1.74. The van der Waals surface area contributed by atoms with Gasteiger partial charge in [0.1, 0.15) is 5.75 Å². The summed E-state index contributed by atoms with van der Waals surface area (Å²) in [6.45, 7) is 0. The van der Waals surface area contributed by atoms with Crippen LogP contribution in [0.5, 0.6) is 11.5 Å². The Labute approximate surface area is 159 Å². The molecule has 130 valence electrons. The first-order chi connectivity index (χ1) is 13.2. The van der Waals surface area contributed by atoms with Crippen molar-refractivity contribution in [2.24, 2.45) is 0 Å². The van der Waals surface area contributed by atoms with Gasteiger partial charge in [-0.2, -0.15) is 0 Å². The third kappa shape index (κ3) is 3.63. The molecule has 0 aliphatic rings. The first kappa shape index (κ1) is 16.8. The lowest BCUT2D eigenvalue weighted by molar-refractivity contribution is 0.475. The molecule has 0 atom stereocenters. The lowest BCUT2D eigenvalue weighted by Crippen LogP contribution is -1.95. The van der Waals surface area contributed by atoms with Gasteiger partial charge in [0.15, 0.2) is 5.75 Å². The van der Waals surface area contributed by atoms with E-state index in [0.717, 1.165) is 28.7 Å². The van der Waals surface area contributed by atoms with Crippen LogP contribution in [0.3, 0.4) is 0 Å². The van der Waals surface area contributed by atoms with Gasteiger partial charge in [0.2, 0.25) is 0 Å². The second kappa shape index (κ2) is 7.27. The van der Waals surface area contributed by atoms with Gasteiger partial charge in [-0.3, -0.25) is 0 Å². The van der Waals surface area contributed by atoms with E-state index >= 15 is 0 Å². The maximum Gasteiger partial charge on any atom is 0.167 e. The summed E-state index contributed by atoms with van der Waals surface area (Å²) in [5.74, 6) is 0.356. The topological polar surface area (TPSA) is 40.5 Å². The predicted octanol–water partition coefficient (Wildman–Crippen LogP) is 5.62. The number of rotatable bonds is 4. The molecular weight excluding hydrogens is 332 g/mol. The van der Waals surface area contributed by atoms with E-state index in [1.165, 1.54) is 11.1 Å². The van der Waals surface area contributed by atoms with E-state index < -0.39 is 0 Å². The van der Waals surface area contributed by atoms with Crippen LogP contribution in [0.25, 0.3) is 22.3 Å². The minimum atomic E-state index is 0.0916. The van der Waals surface area contributed by atoms with E-state index in [0.29, 0.717) is 0 Å². The van der Waals surface area contributed by atoms with Gasteiger partial charge in [-0.1, -0.05) is 66.7 Å². The average Bonchev–Trinajstić information content (AvgIpc) is 2.70. The molecule has 2 nitrogen and oxygen atoms in total. The first-order valence-corrected chi connectivity index (χ1v) is 8.79. The Bertz CT molecular complexity index is 961. The van der Waals surface area contributed by atoms with Gasteiger partial charge >= 0.3 is 0 Å². The van der Waals surface area contributed by atoms with Gasteiger partial charge in [0.25, 0.3) is 0 Å². The van der Waals surface area contributed by atoms with Gasteiger partial charge < -0.3 is 10.2 Å². The molecule has 4 aromatic carbocycles. The zero-order chi connectivity index (χ0) is 18.6. The van der Waals surface area contributed by atoms with E-state index in [1.807, 2.05) is 42.5 Å². The minimum Gasteiger partial charge on any atom is -0.508 e. The molecule has 4 aromatic rings. The summed E-state index contributed by atoms with van der Waals surface area (Å²) < 4.78 is 0. The average molecular weight is 350 g/mol. The van der Waals surface area contributed by atoms with Crippen molar-refractivity contribution in [2.75, 3.05) is 0 Å². The van der Waals surface area contributed by atoms with Crippen LogP contribution in [-0.4, -0.2) is 10.2 Å². The van der Waals surface area contributed by atoms with Crippen molar-refractivity contribution in [3.63, 3.8) is 0 Å². The molecule has 2 N–H and O–H groups in total. The summed E-state index contributed by atoms with van der Waals surface area (Å²) in [5, 5.41) is 19.1. The van der Waals surface area contributed by atoms with E-state index in [9.17, 15) is 10.2 Å². The fourth-order valence-corrected chi connectivity index (χ4v) is 3.27. The third-order valence-corrected chi connectivity index (χ3v) is 4.62. The monoisotopic (exact) mass is 350 g/mol. The molecule has 0 aliphatic carbocycles. The molecule has 0 radical (unpaired) electrons. The standard InChI is InChI=1S/C25H18O2/c26-22-13-9-18(10-14-22)24-7-3-1-5-20(24)17-21-6-2-4-8-25(21)19-11-15-23(27)16-12-19/h1-11,13-15,26-27H,17H2. The molecule has 4 rings (SSSR count). The summed E-state index contributed by atoms with van der Waals surface area (Å²) in [6, 6.07) is 33.1. The van der Waals surface area contributed by atoms with Crippen LogP contribution >= 0.6 is 0 Å². The Kier molecular flexibility index (Phi) is 4.51. The molecule has 27 heavy (non-hydrogen) atoms. The molecule has 0 amide bonds. The van der Waals surface area contributed by atoms with Gasteiger partial charge in [0, 0.05) is 5.56 Å². The zero-order valence-corrected chi connectivity index (χ0v) is 14.7. The number of aromatic hydroxyl groups is 2. The molecule has 0 fully saturated rings. The highest BCUT2D eigenvalue weighted by Crippen LogP contribution is 2.30. The lowest BCUT2D eigenvalue weighted by Gasteiger charge is -2.13. The summed E-state index contributed by atoms with van der Waals surface area (Å²) in [7, 11) is 0. The summed E-state index contributed by atoms with van der Waals surface area (Å²) in [4.78, 5) is 0. The fourth-order valence-electron chi connectivity index (χ4n) is 3.27. The molecule has 0 saturated carbocycles. The first-order valence-electron chi connectivity index (χ1n) is 8.79. The van der Waals surface area contributed by atoms with Crippen LogP contribution < -0.4 is 0 Å². The quantitative estimate of drug-likeness (QED) is 0.501. The maximum absolute atomic E-state index is 9.57. The number of benzene rings is 3. The molecule has 0 bridgehead atoms. The molecular formula is C25H18O2. The number of hydrogen-bond acceptors (Lipinski definition) is 2. The highest BCUT2D eigenvalue weighted by Gasteiger charge is 2.10. The second-order valence-electron chi connectivity index (χ2n) is 6.42. The SMILES string of the molecule is Oc1c#cc(-c2ccccc2Cc2ccccc2-c2ccc(O)cc2)cc1. The van der Waals surface area contributed by atoms with Crippen molar-refractivity contribution >= 4 is 0 Å². The van der Waals surface area contributed by atoms with E-state index in [1.54, 1.807) is 18.2 Å². The second-order valence-corrected chi connectivity index (χ2v) is 6.42. The number of phenols is 1. The smallest absolute Gasteiger partial charge is 0.167 e. The van der Waals surface area contributed by atoms with Crippen LogP contribution in [0.15, 0.2) is 84.9 Å². The van der Waals surface area contributed by atoms with Crippen molar-refractivity contribution in [2.45, 2.75) is 6.42 Å². The van der Waals surface area contributed by atoms with Crippen molar-refractivity contribution in [1.29, 1.82) is 0 Å². The van der Waals surface area contributed by atoms with Gasteiger partial charge in [-0.15, -0.1) is 0 Å². The van der Waals surface area contributed by atoms with Crippen LogP contribution in [-0.2, 0) is 6.42 Å². The van der Waals surface area contributed by atoms with E-state index in [4.69, 9.17) is 0 Å². The molecule has 0 heterocycles. The van der Waals surface area contributed by atoms with Crippen molar-refractivity contribution in [1.82, 2.24) is 0 Å². The minimum absolute atomic E-state index is 0.0916. The van der Waals surface area contributed by atoms with Gasteiger partial charge in [-0.25, -0.2) is 0 Å². The van der Waals surface area contributed by atoms with Crippen molar-refractivity contribution < 1.29 is 10.2 Å². The number of hydrogen-bond donors (Lipinski definition) is 2. The molecule has 0 spiro atoms. The molecule has 2 heteroatoms. The largest absolute Gasteiger partial charge is 0.508 e. The Morgan fingerprint density at radius 1 is 0.593 bits per heavy atom. The van der Waals surface area contributed by atoms with Gasteiger partial charge in [-0.05, 0) is 64.6 Å². The van der Waals surface area contributed by atoms with Crippen LogP contribution in [0.4, 0.5) is 0 Å². The predicted molar refractivity (Wildman–Crippen MR) is 108 cm³/mol. The summed E-state index contributed by atoms with van der Waals surface area (Å²) >= 11 is 0. The Morgan fingerprint density at radius 3 is 1.89 bits per heavy atom. The normalized spacial score (nSPS) is 10.4. The zero-order valence-electron chi connectivity index (χ0n) is 14.7. The highest BCUT2D eigenvalue weighted by molar-refractivity contribution is 5.71. The van der Waals surface area contributed by atoms with Gasteiger partial charge in [0.05, 0.1) is 0 Å². The van der Waals surface area contributed by atoms with Crippen LogP contribution in [0, 0.1) is 12.1 Å². The lowest BCUT2D eigenvalue weighted by atomic mass is 9.91. The van der Waals surface area contributed by atoms with Crippen LogP contribution in [0.1, 0.15) is 11.1 Å². The molecule has 0 saturated heterocycles. The molecule has 0 aromatic heterocycles. The number of phenolic OH excluding ortho intramolecular Hbond substituents is 1. The van der Waals surface area contributed by atoms with Crippen molar-refractivity contribution in [3.05, 3.63) is 108 Å². The Hall–Kier alpha value is -3.70. The van der Waals surface area contributed by atoms with E-state index in [-0.39, 0.29) is 11.5 Å². The molecule has 0 unspecified atom stereocenters.